The Balaban J connectivity index is 2.01. The molecule has 2 aromatic heterocycles. The van der Waals surface area contributed by atoms with E-state index in [1.807, 2.05) is 0 Å². The number of carboxylic acids is 1. The van der Waals surface area contributed by atoms with Gasteiger partial charge >= 0.3 is 5.97 Å². The topological polar surface area (TPSA) is 92.4 Å². The minimum Gasteiger partial charge on any atom is -0.478 e. The zero-order chi connectivity index (χ0) is 14.7. The monoisotopic (exact) mass is 294 g/mol. The summed E-state index contributed by atoms with van der Waals surface area (Å²) in [5.74, 6) is -0.802. The number of nitrogens with one attached hydrogen (secondary N) is 1. The molecule has 7 heteroatoms. The van der Waals surface area contributed by atoms with Gasteiger partial charge in [-0.05, 0) is 25.1 Å². The number of rotatable bonds is 4. The number of aryl methyl sites for hydroxylation is 1. The zero-order valence-corrected chi connectivity index (χ0v) is 11.3. The molecule has 0 aliphatic heterocycles. The van der Waals surface area contributed by atoms with Crippen LogP contribution >= 0.6 is 11.6 Å². The predicted octanol–water partition coefficient (Wildman–Crippen LogP) is 2.26. The number of halogens is 1. The average molecular weight is 295 g/mol. The summed E-state index contributed by atoms with van der Waals surface area (Å²) in [6.07, 6.45) is 1.37. The van der Waals surface area contributed by atoms with Crippen LogP contribution in [-0.2, 0) is 6.54 Å². The quantitative estimate of drug-likeness (QED) is 0.902. The molecule has 0 fully saturated rings. The highest BCUT2D eigenvalue weighted by atomic mass is 35.5. The van der Waals surface area contributed by atoms with Gasteiger partial charge < -0.3 is 14.8 Å². The van der Waals surface area contributed by atoms with Crippen molar-refractivity contribution >= 4 is 23.5 Å². The Labute approximate surface area is 119 Å². The second-order valence-corrected chi connectivity index (χ2v) is 4.47. The fourth-order valence-corrected chi connectivity index (χ4v) is 1.72. The van der Waals surface area contributed by atoms with Crippen molar-refractivity contribution in [2.24, 2.45) is 0 Å². The van der Waals surface area contributed by atoms with E-state index in [-0.39, 0.29) is 17.8 Å². The van der Waals surface area contributed by atoms with E-state index in [0.29, 0.717) is 16.5 Å². The van der Waals surface area contributed by atoms with Crippen LogP contribution in [0, 0.1) is 6.92 Å². The van der Waals surface area contributed by atoms with Gasteiger partial charge in [0.15, 0.2) is 0 Å². The van der Waals surface area contributed by atoms with E-state index in [1.165, 1.54) is 18.3 Å². The lowest BCUT2D eigenvalue weighted by molar-refractivity contribution is 0.0694. The Morgan fingerprint density at radius 2 is 2.20 bits per heavy atom. The number of aromatic carboxylic acids is 1. The van der Waals surface area contributed by atoms with Crippen molar-refractivity contribution in [3.63, 3.8) is 0 Å². The van der Waals surface area contributed by atoms with Crippen LogP contribution < -0.4 is 5.32 Å². The number of carbonyl (C=O) groups excluding carboxylic acids is 1. The Morgan fingerprint density at radius 3 is 2.75 bits per heavy atom. The van der Waals surface area contributed by atoms with Gasteiger partial charge in [0.1, 0.15) is 22.8 Å². The van der Waals surface area contributed by atoms with Gasteiger partial charge in [-0.2, -0.15) is 0 Å². The molecule has 0 saturated carbocycles. The van der Waals surface area contributed by atoms with Crippen LogP contribution in [0.1, 0.15) is 32.4 Å². The standard InChI is InChI=1S/C13H11ClN2O4/c1-7-10(13(18)19)4-9(20-7)6-16-12(17)11-3-2-8(14)5-15-11/h2-5H,6H2,1H3,(H,16,17)(H,18,19). The van der Waals surface area contributed by atoms with Crippen molar-refractivity contribution in [1.29, 1.82) is 0 Å². The molecule has 2 rings (SSSR count). The molecule has 0 atom stereocenters. The third-order valence-electron chi connectivity index (χ3n) is 2.58. The molecule has 0 unspecified atom stereocenters. The molecule has 0 saturated heterocycles. The number of pyridine rings is 1. The van der Waals surface area contributed by atoms with Crippen molar-refractivity contribution in [2.45, 2.75) is 13.5 Å². The second kappa shape index (κ2) is 5.75. The third kappa shape index (κ3) is 3.16. The lowest BCUT2D eigenvalue weighted by atomic mass is 10.2. The van der Waals surface area contributed by atoms with Gasteiger partial charge in [0.25, 0.3) is 5.91 Å². The lowest BCUT2D eigenvalue weighted by Gasteiger charge is -2.02. The number of furan rings is 1. The van der Waals surface area contributed by atoms with E-state index in [2.05, 4.69) is 10.3 Å². The van der Waals surface area contributed by atoms with Crippen LogP contribution in [0.25, 0.3) is 0 Å². The van der Waals surface area contributed by atoms with E-state index >= 15 is 0 Å². The summed E-state index contributed by atoms with van der Waals surface area (Å²) in [5, 5.41) is 11.9. The second-order valence-electron chi connectivity index (χ2n) is 4.03. The molecule has 0 spiro atoms. The number of amides is 1. The largest absolute Gasteiger partial charge is 0.478 e. The Kier molecular flexibility index (Phi) is 4.05. The first-order valence-corrected chi connectivity index (χ1v) is 6.07. The Bertz CT molecular complexity index is 649. The first-order valence-electron chi connectivity index (χ1n) is 5.69. The third-order valence-corrected chi connectivity index (χ3v) is 2.81. The number of aromatic nitrogens is 1. The van der Waals surface area contributed by atoms with Crippen LogP contribution in [0.5, 0.6) is 0 Å². The number of hydrogen-bond acceptors (Lipinski definition) is 4. The predicted molar refractivity (Wildman–Crippen MR) is 70.8 cm³/mol. The first-order chi connectivity index (χ1) is 9.47. The molecule has 0 bridgehead atoms. The fraction of sp³-hybridized carbons (Fsp3) is 0.154. The van der Waals surface area contributed by atoms with E-state index < -0.39 is 11.9 Å². The van der Waals surface area contributed by atoms with Crippen molar-refractivity contribution in [3.8, 4) is 0 Å². The highest BCUT2D eigenvalue weighted by molar-refractivity contribution is 6.30. The summed E-state index contributed by atoms with van der Waals surface area (Å²) in [7, 11) is 0. The molecule has 1 amide bonds. The number of nitrogens with zero attached hydrogens (tertiary/aromatic N) is 1. The summed E-state index contributed by atoms with van der Waals surface area (Å²) in [5.41, 5.74) is 0.301. The van der Waals surface area contributed by atoms with Gasteiger partial charge in [0.2, 0.25) is 0 Å². The van der Waals surface area contributed by atoms with Crippen LogP contribution in [0.3, 0.4) is 0 Å². The number of carboxylic acid groups (broad SMARTS) is 1. The van der Waals surface area contributed by atoms with Crippen molar-refractivity contribution in [2.75, 3.05) is 0 Å². The minimum atomic E-state index is -1.07. The molecule has 6 nitrogen and oxygen atoms in total. The van der Waals surface area contributed by atoms with Crippen molar-refractivity contribution in [1.82, 2.24) is 10.3 Å². The Morgan fingerprint density at radius 1 is 1.45 bits per heavy atom. The van der Waals surface area contributed by atoms with E-state index in [1.54, 1.807) is 13.0 Å². The van der Waals surface area contributed by atoms with Gasteiger partial charge in [0.05, 0.1) is 11.6 Å². The molecule has 20 heavy (non-hydrogen) atoms. The van der Waals surface area contributed by atoms with Crippen LogP contribution in [0.4, 0.5) is 0 Å². The molecule has 0 radical (unpaired) electrons. The Hall–Kier alpha value is -2.34. The normalized spacial score (nSPS) is 10.3. The van der Waals surface area contributed by atoms with Gasteiger partial charge in [-0.1, -0.05) is 11.6 Å². The lowest BCUT2D eigenvalue weighted by Crippen LogP contribution is -2.23. The average Bonchev–Trinajstić information content (AvgIpc) is 2.78. The number of carbonyl (C=O) groups is 2. The molecule has 2 aromatic rings. The minimum absolute atomic E-state index is 0.0806. The molecule has 0 aliphatic carbocycles. The fourth-order valence-electron chi connectivity index (χ4n) is 1.61. The maximum atomic E-state index is 11.8. The summed E-state index contributed by atoms with van der Waals surface area (Å²) in [6, 6.07) is 4.43. The maximum absolute atomic E-state index is 11.8. The summed E-state index contributed by atoms with van der Waals surface area (Å²) in [4.78, 5) is 26.5. The van der Waals surface area contributed by atoms with E-state index in [0.717, 1.165) is 0 Å². The molecule has 2 N–H and O–H groups in total. The van der Waals surface area contributed by atoms with Crippen LogP contribution in [-0.4, -0.2) is 22.0 Å². The highest BCUT2D eigenvalue weighted by Gasteiger charge is 2.14. The summed E-state index contributed by atoms with van der Waals surface area (Å²) in [6.45, 7) is 1.63. The molecule has 0 aliphatic rings. The highest BCUT2D eigenvalue weighted by Crippen LogP contribution is 2.14. The van der Waals surface area contributed by atoms with Crippen molar-refractivity contribution in [3.05, 3.63) is 52.2 Å². The molecule has 2 heterocycles. The van der Waals surface area contributed by atoms with E-state index in [4.69, 9.17) is 21.1 Å². The summed E-state index contributed by atoms with van der Waals surface area (Å²) < 4.78 is 5.24. The van der Waals surface area contributed by atoms with Crippen molar-refractivity contribution < 1.29 is 19.1 Å². The SMILES string of the molecule is Cc1oc(CNC(=O)c2ccc(Cl)cn2)cc1C(=O)O. The maximum Gasteiger partial charge on any atom is 0.339 e. The summed E-state index contributed by atoms with van der Waals surface area (Å²) >= 11 is 5.67. The van der Waals surface area contributed by atoms with Gasteiger partial charge in [-0.3, -0.25) is 4.79 Å². The zero-order valence-electron chi connectivity index (χ0n) is 10.5. The van der Waals surface area contributed by atoms with Gasteiger partial charge in [-0.15, -0.1) is 0 Å². The smallest absolute Gasteiger partial charge is 0.339 e. The van der Waals surface area contributed by atoms with Gasteiger partial charge in [-0.25, -0.2) is 9.78 Å². The van der Waals surface area contributed by atoms with E-state index in [9.17, 15) is 9.59 Å². The molecule has 104 valence electrons. The first kappa shape index (κ1) is 14.1. The van der Waals surface area contributed by atoms with Crippen LogP contribution in [0.15, 0.2) is 28.8 Å². The molecule has 0 aromatic carbocycles. The van der Waals surface area contributed by atoms with Gasteiger partial charge in [0, 0.05) is 6.20 Å². The van der Waals surface area contributed by atoms with Crippen LogP contribution in [0.2, 0.25) is 5.02 Å². The molecular weight excluding hydrogens is 284 g/mol. The number of hydrogen-bond donors (Lipinski definition) is 2. The molecular formula is C13H11ClN2O4.